The minimum absolute atomic E-state index is 0.0266. The molecule has 8 heteroatoms. The summed E-state index contributed by atoms with van der Waals surface area (Å²) in [6.07, 6.45) is 3.28. The summed E-state index contributed by atoms with van der Waals surface area (Å²) < 4.78 is 8.82. The molecule has 0 aliphatic heterocycles. The van der Waals surface area contributed by atoms with Gasteiger partial charge in [-0.15, -0.1) is 0 Å². The summed E-state index contributed by atoms with van der Waals surface area (Å²) in [7, 11) is 1.86. The third-order valence-electron chi connectivity index (χ3n) is 3.10. The van der Waals surface area contributed by atoms with Crippen LogP contribution in [0.5, 0.6) is 0 Å². The Morgan fingerprint density at radius 3 is 3.00 bits per heavy atom. The minimum atomic E-state index is -0.864. The second-order valence-corrected chi connectivity index (χ2v) is 5.62. The fourth-order valence-corrected chi connectivity index (χ4v) is 2.97. The van der Waals surface area contributed by atoms with E-state index in [1.807, 2.05) is 24.6 Å². The number of rotatable bonds is 5. The monoisotopic (exact) mass is 306 g/mol. The fourth-order valence-electron chi connectivity index (χ4n) is 2.26. The molecule has 7 nitrogen and oxygen atoms in total. The number of thioether (sulfide) groups is 1. The number of carboxylic acids is 1. The van der Waals surface area contributed by atoms with Crippen LogP contribution in [0.2, 0.25) is 0 Å². The molecule has 0 spiro atoms. The molecule has 3 rings (SSSR count). The van der Waals surface area contributed by atoms with Crippen molar-refractivity contribution in [3.8, 4) is 0 Å². The molecule has 0 bridgehead atoms. The molecule has 3 aromatic rings. The van der Waals surface area contributed by atoms with Gasteiger partial charge >= 0.3 is 5.97 Å². The highest BCUT2D eigenvalue weighted by Gasteiger charge is 2.18. The number of hydrogen-bond acceptors (Lipinski definition) is 5. The summed E-state index contributed by atoms with van der Waals surface area (Å²) >= 11 is 1.21. The van der Waals surface area contributed by atoms with E-state index in [0.717, 1.165) is 22.4 Å². The Kier molecular flexibility index (Phi) is 3.46. The summed E-state index contributed by atoms with van der Waals surface area (Å²) in [6.45, 7) is 2.46. The highest BCUT2D eigenvalue weighted by atomic mass is 32.2. The molecule has 21 heavy (non-hydrogen) atoms. The van der Waals surface area contributed by atoms with Crippen molar-refractivity contribution in [1.29, 1.82) is 0 Å². The normalized spacial score (nSPS) is 11.3. The number of nitrogens with zero attached hydrogens (tertiary/aromatic N) is 4. The number of fused-ring (bicyclic) bond motifs is 1. The number of furan rings is 1. The van der Waals surface area contributed by atoms with Crippen molar-refractivity contribution in [3.05, 3.63) is 29.9 Å². The lowest BCUT2D eigenvalue weighted by Crippen LogP contribution is -2.07. The quantitative estimate of drug-likeness (QED) is 0.725. The number of carboxylic acid groups (broad SMARTS) is 1. The van der Waals surface area contributed by atoms with E-state index in [0.29, 0.717) is 11.7 Å². The van der Waals surface area contributed by atoms with Crippen LogP contribution in [0.25, 0.3) is 11.2 Å². The van der Waals surface area contributed by atoms with E-state index < -0.39 is 5.97 Å². The van der Waals surface area contributed by atoms with Gasteiger partial charge in [-0.2, -0.15) is 5.10 Å². The molecule has 0 saturated carbocycles. The maximum absolute atomic E-state index is 10.8. The second kappa shape index (κ2) is 5.28. The van der Waals surface area contributed by atoms with Crippen LogP contribution in [0.3, 0.4) is 0 Å². The van der Waals surface area contributed by atoms with Crippen molar-refractivity contribution in [2.24, 2.45) is 7.05 Å². The molecule has 0 unspecified atom stereocenters. The molecule has 0 saturated heterocycles. The summed E-state index contributed by atoms with van der Waals surface area (Å²) in [4.78, 5) is 15.3. The highest BCUT2D eigenvalue weighted by molar-refractivity contribution is 7.99. The van der Waals surface area contributed by atoms with Crippen molar-refractivity contribution in [2.45, 2.75) is 18.6 Å². The van der Waals surface area contributed by atoms with Gasteiger partial charge in [-0.1, -0.05) is 11.8 Å². The van der Waals surface area contributed by atoms with Gasteiger partial charge < -0.3 is 9.52 Å². The standard InChI is InChI=1S/C13H14N4O3S/c1-8-11-12(16(2)15-8)17(5-9-3-4-20-6-9)13(14-11)21-7-10(18)19/h3-4,6H,5,7H2,1-2H3,(H,18,19). The van der Waals surface area contributed by atoms with Crippen molar-refractivity contribution >= 4 is 28.9 Å². The fraction of sp³-hybridized carbons (Fsp3) is 0.308. The number of aliphatic carboxylic acids is 1. The van der Waals surface area contributed by atoms with Gasteiger partial charge in [-0.05, 0) is 13.0 Å². The Morgan fingerprint density at radius 1 is 1.52 bits per heavy atom. The Balaban J connectivity index is 2.07. The average Bonchev–Trinajstić information content (AvgIpc) is 3.09. The first-order valence-electron chi connectivity index (χ1n) is 6.31. The summed E-state index contributed by atoms with van der Waals surface area (Å²) in [6, 6.07) is 1.88. The lowest BCUT2D eigenvalue weighted by atomic mass is 10.3. The van der Waals surface area contributed by atoms with Crippen LogP contribution in [0, 0.1) is 6.92 Å². The molecule has 0 aliphatic rings. The molecule has 0 atom stereocenters. The molecule has 0 fully saturated rings. The molecule has 3 heterocycles. The second-order valence-electron chi connectivity index (χ2n) is 4.68. The molecule has 1 N–H and O–H groups in total. The Morgan fingerprint density at radius 2 is 2.33 bits per heavy atom. The molecular formula is C13H14N4O3S. The molecule has 0 aliphatic carbocycles. The van der Waals surface area contributed by atoms with Crippen LogP contribution in [-0.2, 0) is 18.4 Å². The van der Waals surface area contributed by atoms with Crippen LogP contribution in [-0.4, -0.2) is 36.2 Å². The van der Waals surface area contributed by atoms with Gasteiger partial charge in [0.1, 0.15) is 5.52 Å². The van der Waals surface area contributed by atoms with Crippen LogP contribution in [0.15, 0.2) is 28.2 Å². The molecule has 110 valence electrons. The third-order valence-corrected chi connectivity index (χ3v) is 4.06. The van der Waals surface area contributed by atoms with Crippen LogP contribution < -0.4 is 0 Å². The molecule has 0 radical (unpaired) electrons. The van der Waals surface area contributed by atoms with Crippen molar-refractivity contribution in [2.75, 3.05) is 5.75 Å². The first-order chi connectivity index (χ1) is 10.1. The summed E-state index contributed by atoms with van der Waals surface area (Å²) in [5.41, 5.74) is 3.50. The number of aryl methyl sites for hydroxylation is 2. The van der Waals surface area contributed by atoms with Gasteiger partial charge in [-0.25, -0.2) is 4.98 Å². The van der Waals surface area contributed by atoms with Gasteiger partial charge in [0.05, 0.1) is 30.5 Å². The third kappa shape index (κ3) is 2.54. The Hall–Kier alpha value is -2.22. The largest absolute Gasteiger partial charge is 0.481 e. The van der Waals surface area contributed by atoms with E-state index >= 15 is 0 Å². The van der Waals surface area contributed by atoms with Gasteiger partial charge in [0.25, 0.3) is 0 Å². The molecule has 3 aromatic heterocycles. The minimum Gasteiger partial charge on any atom is -0.481 e. The van der Waals surface area contributed by atoms with E-state index in [1.54, 1.807) is 17.2 Å². The van der Waals surface area contributed by atoms with Gasteiger partial charge in [0.2, 0.25) is 0 Å². The van der Waals surface area contributed by atoms with Gasteiger partial charge in [0.15, 0.2) is 10.8 Å². The highest BCUT2D eigenvalue weighted by Crippen LogP contribution is 2.26. The smallest absolute Gasteiger partial charge is 0.313 e. The number of imidazole rings is 1. The maximum Gasteiger partial charge on any atom is 0.313 e. The van der Waals surface area contributed by atoms with Gasteiger partial charge in [-0.3, -0.25) is 14.0 Å². The zero-order chi connectivity index (χ0) is 15.0. The zero-order valence-corrected chi connectivity index (χ0v) is 12.4. The molecule has 0 aromatic carbocycles. The average molecular weight is 306 g/mol. The van der Waals surface area contributed by atoms with Gasteiger partial charge in [0, 0.05) is 12.6 Å². The molecular weight excluding hydrogens is 292 g/mol. The van der Waals surface area contributed by atoms with Crippen LogP contribution in [0.1, 0.15) is 11.3 Å². The van der Waals surface area contributed by atoms with Crippen molar-refractivity contribution in [1.82, 2.24) is 19.3 Å². The van der Waals surface area contributed by atoms with Crippen molar-refractivity contribution in [3.63, 3.8) is 0 Å². The zero-order valence-electron chi connectivity index (χ0n) is 11.6. The predicted molar refractivity (Wildman–Crippen MR) is 77.4 cm³/mol. The first kappa shape index (κ1) is 13.7. The van der Waals surface area contributed by atoms with Crippen molar-refractivity contribution < 1.29 is 14.3 Å². The van der Waals surface area contributed by atoms with E-state index in [1.165, 1.54) is 11.8 Å². The first-order valence-corrected chi connectivity index (χ1v) is 7.30. The predicted octanol–water partition coefficient (Wildman–Crippen LogP) is 1.90. The summed E-state index contributed by atoms with van der Waals surface area (Å²) in [5.74, 6) is -0.891. The van der Waals surface area contributed by atoms with Crippen LogP contribution >= 0.6 is 11.8 Å². The summed E-state index contributed by atoms with van der Waals surface area (Å²) in [5, 5.41) is 13.9. The Labute approximate surface area is 124 Å². The topological polar surface area (TPSA) is 86.1 Å². The number of carbonyl (C=O) groups is 1. The van der Waals surface area contributed by atoms with Crippen LogP contribution in [0.4, 0.5) is 0 Å². The van der Waals surface area contributed by atoms with E-state index in [2.05, 4.69) is 10.1 Å². The van der Waals surface area contributed by atoms with E-state index in [4.69, 9.17) is 9.52 Å². The lowest BCUT2D eigenvalue weighted by Gasteiger charge is -2.07. The lowest BCUT2D eigenvalue weighted by molar-refractivity contribution is -0.133. The number of hydrogen-bond donors (Lipinski definition) is 1. The molecule has 0 amide bonds. The van der Waals surface area contributed by atoms with E-state index in [-0.39, 0.29) is 5.75 Å². The number of aromatic nitrogens is 4. The maximum atomic E-state index is 10.8. The van der Waals surface area contributed by atoms with E-state index in [9.17, 15) is 4.79 Å². The SMILES string of the molecule is Cc1nn(C)c2c1nc(SCC(=O)O)n2Cc1ccoc1. The Bertz CT molecular complexity index is 788.